The molecule has 1 saturated heterocycles. The number of piperazine rings is 1. The fraction of sp³-hybridized carbons (Fsp3) is 0.273. The number of ketones is 1. The van der Waals surface area contributed by atoms with E-state index in [9.17, 15) is 22.6 Å². The van der Waals surface area contributed by atoms with Crippen LogP contribution in [0.25, 0.3) is 11.0 Å². The maximum Gasteiger partial charge on any atom is 0.242 e. The van der Waals surface area contributed by atoms with Crippen LogP contribution < -0.4 is 14.9 Å². The Morgan fingerprint density at radius 1 is 1.20 bits per heavy atom. The lowest BCUT2D eigenvalue weighted by Gasteiger charge is -2.26. The van der Waals surface area contributed by atoms with E-state index in [1.165, 1.54) is 29.3 Å². The number of nitrogens with one attached hydrogen (secondary N) is 2. The number of carbonyl (C=O) groups excluding carboxylic acids is 2. The van der Waals surface area contributed by atoms with Crippen molar-refractivity contribution in [3.05, 3.63) is 64.6 Å². The fourth-order valence-electron chi connectivity index (χ4n) is 3.74. The summed E-state index contributed by atoms with van der Waals surface area (Å²) in [5.74, 6) is -5.21. The highest BCUT2D eigenvalue weighted by molar-refractivity contribution is 7.77. The van der Waals surface area contributed by atoms with Gasteiger partial charge >= 0.3 is 0 Å². The molecule has 1 atom stereocenters. The van der Waals surface area contributed by atoms with Crippen LogP contribution in [0.15, 0.2) is 30.5 Å². The van der Waals surface area contributed by atoms with E-state index in [0.717, 1.165) is 0 Å². The summed E-state index contributed by atoms with van der Waals surface area (Å²) in [6.07, 6.45) is 1.46. The number of carbonyl (C=O) groups is 2. The lowest BCUT2D eigenvalue weighted by Crippen LogP contribution is -2.48. The van der Waals surface area contributed by atoms with Crippen LogP contribution in [0.5, 0.6) is 0 Å². The Labute approximate surface area is 200 Å². The van der Waals surface area contributed by atoms with Gasteiger partial charge in [-0.2, -0.15) is 0 Å². The van der Waals surface area contributed by atoms with E-state index in [1.807, 2.05) is 0 Å². The van der Waals surface area contributed by atoms with Crippen LogP contribution in [0.4, 0.5) is 19.0 Å². The number of hydrogen-bond donors (Lipinski definition) is 3. The zero-order valence-corrected chi connectivity index (χ0v) is 19.0. The van der Waals surface area contributed by atoms with Crippen molar-refractivity contribution in [1.82, 2.24) is 20.0 Å². The van der Waals surface area contributed by atoms with Crippen molar-refractivity contribution in [2.45, 2.75) is 12.8 Å². The highest BCUT2D eigenvalue weighted by atomic mass is 32.2. The topological polar surface area (TPSA) is 125 Å². The zero-order chi connectivity index (χ0) is 25.1. The number of aryl methyl sites for hydroxylation is 1. The van der Waals surface area contributed by atoms with Crippen molar-refractivity contribution in [3.63, 3.8) is 0 Å². The summed E-state index contributed by atoms with van der Waals surface area (Å²) >= 11 is -2.26. The van der Waals surface area contributed by atoms with Crippen LogP contribution in [0, 0.1) is 17.5 Å². The Hall–Kier alpha value is -3.26. The fourth-order valence-corrected chi connectivity index (χ4v) is 4.06. The summed E-state index contributed by atoms with van der Waals surface area (Å²) < 4.78 is 65.4. The molecule has 2 heterocycles. The average Bonchev–Trinajstić information content (AvgIpc) is 2.84. The Bertz CT molecular complexity index is 1340. The van der Waals surface area contributed by atoms with Gasteiger partial charge in [0.25, 0.3) is 0 Å². The Morgan fingerprint density at radius 2 is 2.00 bits per heavy atom. The molecule has 4 rings (SSSR count). The molecular formula is C22H20F3N5O4S. The minimum Gasteiger partial charge on any atom is -0.307 e. The van der Waals surface area contributed by atoms with Crippen molar-refractivity contribution >= 4 is 39.8 Å². The van der Waals surface area contributed by atoms with Crippen molar-refractivity contribution in [1.29, 1.82) is 0 Å². The first-order valence-electron chi connectivity index (χ1n) is 10.6. The lowest BCUT2D eigenvalue weighted by atomic mass is 9.97. The third-order valence-electron chi connectivity index (χ3n) is 5.46. The molecular weight excluding hydrogens is 487 g/mol. The highest BCUT2D eigenvalue weighted by Gasteiger charge is 2.26. The van der Waals surface area contributed by atoms with Crippen LogP contribution in [0.2, 0.25) is 0 Å². The number of nitrogens with zero attached hydrogens (tertiary/aromatic N) is 3. The summed E-state index contributed by atoms with van der Waals surface area (Å²) in [5.41, 5.74) is -0.803. The van der Waals surface area contributed by atoms with Gasteiger partial charge in [-0.15, -0.1) is 0 Å². The Kier molecular flexibility index (Phi) is 7.50. The number of benzene rings is 2. The Balaban J connectivity index is 1.66. The van der Waals surface area contributed by atoms with Crippen LogP contribution in [-0.2, 0) is 22.5 Å². The lowest BCUT2D eigenvalue weighted by molar-refractivity contribution is -0.118. The second-order valence-electron chi connectivity index (χ2n) is 7.75. The van der Waals surface area contributed by atoms with E-state index < -0.39 is 40.1 Å². The van der Waals surface area contributed by atoms with Gasteiger partial charge in [-0.1, -0.05) is 0 Å². The normalized spacial score (nSPS) is 15.0. The molecule has 13 heteroatoms. The van der Waals surface area contributed by atoms with Gasteiger partial charge in [0, 0.05) is 25.2 Å². The highest BCUT2D eigenvalue weighted by Crippen LogP contribution is 2.26. The van der Waals surface area contributed by atoms with E-state index in [-0.39, 0.29) is 54.3 Å². The molecule has 1 unspecified atom stereocenters. The largest absolute Gasteiger partial charge is 0.307 e. The number of hydrogen-bond acceptors (Lipinski definition) is 6. The molecule has 1 fully saturated rings. The van der Waals surface area contributed by atoms with Gasteiger partial charge in [0.1, 0.15) is 5.82 Å². The molecule has 0 saturated carbocycles. The molecule has 35 heavy (non-hydrogen) atoms. The van der Waals surface area contributed by atoms with Gasteiger partial charge in [-0.3, -0.25) is 24.0 Å². The molecule has 1 aliphatic rings. The Morgan fingerprint density at radius 3 is 2.74 bits per heavy atom. The maximum absolute atomic E-state index is 15.1. The summed E-state index contributed by atoms with van der Waals surface area (Å²) in [6, 6.07) is 4.69. The molecule has 184 valence electrons. The first-order valence-corrected chi connectivity index (χ1v) is 11.7. The van der Waals surface area contributed by atoms with E-state index in [1.54, 1.807) is 0 Å². The van der Waals surface area contributed by atoms with E-state index in [0.29, 0.717) is 24.7 Å². The smallest absolute Gasteiger partial charge is 0.242 e. The second-order valence-corrected chi connectivity index (χ2v) is 8.54. The molecule has 9 nitrogen and oxygen atoms in total. The number of aromatic nitrogens is 2. The average molecular weight is 507 g/mol. The predicted octanol–water partition coefficient (Wildman–Crippen LogP) is 1.87. The minimum atomic E-state index is -2.26. The SMILES string of the molecule is O=C(c1ccc2ncc(N3CCNCC3=O)nc2c1)c1c(F)c(F)cc(CCCNS(=O)O)c1F. The number of rotatable bonds is 8. The van der Waals surface area contributed by atoms with Gasteiger partial charge < -0.3 is 5.32 Å². The molecule has 3 N–H and O–H groups in total. The van der Waals surface area contributed by atoms with Crippen LogP contribution in [-0.4, -0.2) is 56.6 Å². The van der Waals surface area contributed by atoms with Crippen LogP contribution in [0.3, 0.4) is 0 Å². The quantitative estimate of drug-likeness (QED) is 0.184. The number of amides is 1. The van der Waals surface area contributed by atoms with Gasteiger partial charge in [0.2, 0.25) is 17.2 Å². The standard InChI is InChI=1S/C22H20F3N5O4S/c23-14-8-12(2-1-5-28-35(33)34)20(24)19(21(14)25)22(32)13-3-4-15-16(9-13)29-17(10-27-15)30-7-6-26-11-18(30)31/h3-4,8-10,26,28H,1-2,5-7,11H2,(H,33,34). The molecule has 0 radical (unpaired) electrons. The van der Waals surface area contributed by atoms with Crippen molar-refractivity contribution < 1.29 is 31.5 Å². The van der Waals surface area contributed by atoms with Gasteiger partial charge in [-0.05, 0) is 42.7 Å². The first kappa shape index (κ1) is 24.9. The number of anilines is 1. The van der Waals surface area contributed by atoms with E-state index >= 15 is 4.39 Å². The summed E-state index contributed by atoms with van der Waals surface area (Å²) in [4.78, 5) is 35.2. The zero-order valence-electron chi connectivity index (χ0n) is 18.2. The first-order chi connectivity index (χ1) is 16.8. The van der Waals surface area contributed by atoms with Gasteiger partial charge in [-0.25, -0.2) is 27.1 Å². The molecule has 3 aromatic rings. The van der Waals surface area contributed by atoms with E-state index in [2.05, 4.69) is 20.0 Å². The monoisotopic (exact) mass is 507 g/mol. The molecule has 0 aliphatic carbocycles. The molecule has 1 aromatic heterocycles. The minimum absolute atomic E-state index is 0.0199. The number of fused-ring (bicyclic) bond motifs is 1. The molecule has 0 spiro atoms. The van der Waals surface area contributed by atoms with E-state index in [4.69, 9.17) is 4.55 Å². The van der Waals surface area contributed by atoms with Gasteiger partial charge in [0.15, 0.2) is 23.2 Å². The molecule has 0 bridgehead atoms. The van der Waals surface area contributed by atoms with Gasteiger partial charge in [0.05, 0.1) is 29.3 Å². The third-order valence-corrected chi connectivity index (χ3v) is 5.92. The maximum atomic E-state index is 15.1. The van der Waals surface area contributed by atoms with Crippen LogP contribution >= 0.6 is 0 Å². The molecule has 1 amide bonds. The van der Waals surface area contributed by atoms with Crippen LogP contribution in [0.1, 0.15) is 27.9 Å². The third kappa shape index (κ3) is 5.37. The summed E-state index contributed by atoms with van der Waals surface area (Å²) in [5, 5.41) is 2.94. The summed E-state index contributed by atoms with van der Waals surface area (Å²) in [7, 11) is 0. The van der Waals surface area contributed by atoms with Crippen molar-refractivity contribution in [2.75, 3.05) is 31.1 Å². The second kappa shape index (κ2) is 10.6. The molecule has 2 aromatic carbocycles. The van der Waals surface area contributed by atoms with Crippen molar-refractivity contribution in [3.8, 4) is 0 Å². The summed E-state index contributed by atoms with van der Waals surface area (Å²) in [6.45, 7) is 1.11. The number of halogens is 3. The molecule has 1 aliphatic heterocycles. The van der Waals surface area contributed by atoms with Crippen molar-refractivity contribution in [2.24, 2.45) is 0 Å². The predicted molar refractivity (Wildman–Crippen MR) is 122 cm³/mol.